The van der Waals surface area contributed by atoms with Crippen LogP contribution in [0.25, 0.3) is 0 Å². The molecular weight excluding hydrogens is 324 g/mol. The number of anilines is 1. The molecule has 3 fully saturated rings. The summed E-state index contributed by atoms with van der Waals surface area (Å²) in [5.74, 6) is 3.23. The topological polar surface area (TPSA) is 51.0 Å². The van der Waals surface area contributed by atoms with Crippen molar-refractivity contribution in [2.24, 2.45) is 11.8 Å². The molecule has 0 aromatic carbocycles. The number of fused-ring (bicyclic) bond motifs is 4. The van der Waals surface area contributed by atoms with Gasteiger partial charge >= 0.3 is 0 Å². The van der Waals surface area contributed by atoms with Gasteiger partial charge in [0.15, 0.2) is 5.82 Å². The fraction of sp³-hybridized carbons (Fsp3) is 0.857. The van der Waals surface area contributed by atoms with Gasteiger partial charge in [0.2, 0.25) is 11.9 Å². The molecule has 2 atom stereocenters. The molecule has 4 aliphatic rings. The standard InChI is InChI=1S/C21H32N4O/c1-14(2)18-22-20-24(19(26)15-10-11-15)17-9-5-4-8-16(17)21(25(20)23-18)12-6-3-7-13-21/h14-17H,3-13H2,1-2H3. The van der Waals surface area contributed by atoms with Crippen molar-refractivity contribution in [1.82, 2.24) is 14.8 Å². The predicted octanol–water partition coefficient (Wildman–Crippen LogP) is 4.38. The summed E-state index contributed by atoms with van der Waals surface area (Å²) in [5.41, 5.74) is 0.110. The molecule has 2 unspecified atom stereocenters. The maximum absolute atomic E-state index is 13.3. The lowest BCUT2D eigenvalue weighted by molar-refractivity contribution is -0.122. The second kappa shape index (κ2) is 6.07. The number of carbonyl (C=O) groups is 1. The number of hydrogen-bond acceptors (Lipinski definition) is 3. The Hall–Kier alpha value is -1.39. The van der Waals surface area contributed by atoms with Gasteiger partial charge in [-0.2, -0.15) is 10.1 Å². The van der Waals surface area contributed by atoms with E-state index in [0.717, 1.165) is 31.0 Å². The molecule has 0 saturated heterocycles. The lowest BCUT2D eigenvalue weighted by Gasteiger charge is -2.55. The zero-order chi connectivity index (χ0) is 17.9. The number of rotatable bonds is 2. The molecule has 3 aliphatic carbocycles. The molecule has 1 aliphatic heterocycles. The first-order valence-electron chi connectivity index (χ1n) is 10.9. The van der Waals surface area contributed by atoms with Crippen molar-refractivity contribution in [2.75, 3.05) is 4.90 Å². The molecule has 142 valence electrons. The molecule has 2 heterocycles. The number of amides is 1. The summed E-state index contributed by atoms with van der Waals surface area (Å²) >= 11 is 0. The van der Waals surface area contributed by atoms with Gasteiger partial charge in [0.1, 0.15) is 0 Å². The number of hydrogen-bond donors (Lipinski definition) is 0. The van der Waals surface area contributed by atoms with Crippen LogP contribution >= 0.6 is 0 Å². The summed E-state index contributed by atoms with van der Waals surface area (Å²) in [6.45, 7) is 4.32. The Labute approximate surface area is 156 Å². The minimum Gasteiger partial charge on any atom is -0.277 e. The van der Waals surface area contributed by atoms with Crippen molar-refractivity contribution in [3.8, 4) is 0 Å². The molecular formula is C21H32N4O. The molecule has 0 radical (unpaired) electrons. The van der Waals surface area contributed by atoms with E-state index in [1.807, 2.05) is 0 Å². The summed E-state index contributed by atoms with van der Waals surface area (Å²) in [7, 11) is 0. The van der Waals surface area contributed by atoms with Crippen LogP contribution in [0.4, 0.5) is 5.95 Å². The van der Waals surface area contributed by atoms with Crippen LogP contribution < -0.4 is 4.90 Å². The van der Waals surface area contributed by atoms with E-state index in [9.17, 15) is 4.79 Å². The van der Waals surface area contributed by atoms with Crippen LogP contribution in [0, 0.1) is 11.8 Å². The Morgan fingerprint density at radius 2 is 1.77 bits per heavy atom. The fourth-order valence-electron chi connectivity index (χ4n) is 5.91. The molecule has 1 spiro atoms. The first kappa shape index (κ1) is 16.8. The van der Waals surface area contributed by atoms with E-state index in [0.29, 0.717) is 23.8 Å². The molecule has 0 bridgehead atoms. The highest BCUT2D eigenvalue weighted by Crippen LogP contribution is 2.53. The monoisotopic (exact) mass is 356 g/mol. The third-order valence-corrected chi connectivity index (χ3v) is 7.39. The van der Waals surface area contributed by atoms with Crippen LogP contribution in [0.1, 0.15) is 96.2 Å². The minimum absolute atomic E-state index is 0.110. The van der Waals surface area contributed by atoms with E-state index in [1.54, 1.807) is 0 Å². The van der Waals surface area contributed by atoms with Crippen molar-refractivity contribution >= 4 is 11.9 Å². The van der Waals surface area contributed by atoms with Crippen molar-refractivity contribution in [1.29, 1.82) is 0 Å². The van der Waals surface area contributed by atoms with Crippen molar-refractivity contribution < 1.29 is 4.79 Å². The molecule has 0 N–H and O–H groups in total. The Balaban J connectivity index is 1.67. The molecule has 26 heavy (non-hydrogen) atoms. The first-order valence-corrected chi connectivity index (χ1v) is 10.9. The van der Waals surface area contributed by atoms with Crippen molar-refractivity contribution in [3.05, 3.63) is 5.82 Å². The summed E-state index contributed by atoms with van der Waals surface area (Å²) in [4.78, 5) is 20.4. The third kappa shape index (κ3) is 2.38. The molecule has 1 amide bonds. The lowest BCUT2D eigenvalue weighted by atomic mass is 9.64. The average Bonchev–Trinajstić information content (AvgIpc) is 3.41. The van der Waals surface area contributed by atoms with Crippen LogP contribution in [0.5, 0.6) is 0 Å². The quantitative estimate of drug-likeness (QED) is 0.790. The third-order valence-electron chi connectivity index (χ3n) is 7.39. The number of carbonyl (C=O) groups excluding carboxylic acids is 1. The highest BCUT2D eigenvalue weighted by atomic mass is 16.2. The highest BCUT2D eigenvalue weighted by molar-refractivity contribution is 5.96. The molecule has 5 nitrogen and oxygen atoms in total. The van der Waals surface area contributed by atoms with Gasteiger partial charge in [0, 0.05) is 23.8 Å². The highest BCUT2D eigenvalue weighted by Gasteiger charge is 2.56. The van der Waals surface area contributed by atoms with Crippen LogP contribution in [-0.4, -0.2) is 26.7 Å². The Morgan fingerprint density at radius 3 is 2.46 bits per heavy atom. The van der Waals surface area contributed by atoms with Gasteiger partial charge in [-0.15, -0.1) is 0 Å². The molecule has 1 aromatic heterocycles. The van der Waals surface area contributed by atoms with Gasteiger partial charge < -0.3 is 0 Å². The van der Waals surface area contributed by atoms with Gasteiger partial charge in [0.05, 0.1) is 5.54 Å². The van der Waals surface area contributed by atoms with E-state index in [4.69, 9.17) is 10.1 Å². The summed E-state index contributed by atoms with van der Waals surface area (Å²) in [6.07, 6.45) is 13.4. The van der Waals surface area contributed by atoms with E-state index < -0.39 is 0 Å². The van der Waals surface area contributed by atoms with Crippen LogP contribution in [0.15, 0.2) is 0 Å². The van der Waals surface area contributed by atoms with Gasteiger partial charge in [-0.3, -0.25) is 9.69 Å². The summed E-state index contributed by atoms with van der Waals surface area (Å²) in [5, 5.41) is 5.04. The molecule has 5 heteroatoms. The minimum atomic E-state index is 0.110. The van der Waals surface area contributed by atoms with Crippen molar-refractivity contribution in [2.45, 2.75) is 102 Å². The fourth-order valence-corrected chi connectivity index (χ4v) is 5.91. The normalized spacial score (nSPS) is 30.3. The summed E-state index contributed by atoms with van der Waals surface area (Å²) < 4.78 is 2.26. The second-order valence-corrected chi connectivity index (χ2v) is 9.44. The maximum atomic E-state index is 13.3. The maximum Gasteiger partial charge on any atom is 0.232 e. The van der Waals surface area contributed by atoms with Gasteiger partial charge in [-0.25, -0.2) is 4.68 Å². The molecule has 1 aromatic rings. The Bertz CT molecular complexity index is 699. The van der Waals surface area contributed by atoms with E-state index >= 15 is 0 Å². The first-order chi connectivity index (χ1) is 12.6. The van der Waals surface area contributed by atoms with Gasteiger partial charge in [-0.05, 0) is 38.5 Å². The van der Waals surface area contributed by atoms with E-state index in [-0.39, 0.29) is 11.5 Å². The van der Waals surface area contributed by atoms with Crippen LogP contribution in [0.2, 0.25) is 0 Å². The largest absolute Gasteiger partial charge is 0.277 e. The second-order valence-electron chi connectivity index (χ2n) is 9.44. The van der Waals surface area contributed by atoms with Gasteiger partial charge in [-0.1, -0.05) is 46.0 Å². The van der Waals surface area contributed by atoms with Crippen molar-refractivity contribution in [3.63, 3.8) is 0 Å². The zero-order valence-corrected chi connectivity index (χ0v) is 16.3. The number of aromatic nitrogens is 3. The van der Waals surface area contributed by atoms with E-state index in [1.165, 1.54) is 51.4 Å². The van der Waals surface area contributed by atoms with Crippen LogP contribution in [-0.2, 0) is 10.3 Å². The Morgan fingerprint density at radius 1 is 1.04 bits per heavy atom. The van der Waals surface area contributed by atoms with Gasteiger partial charge in [0.25, 0.3) is 0 Å². The van der Waals surface area contributed by atoms with Crippen LogP contribution in [0.3, 0.4) is 0 Å². The molecule has 5 rings (SSSR count). The zero-order valence-electron chi connectivity index (χ0n) is 16.3. The lowest BCUT2D eigenvalue weighted by Crippen LogP contribution is -2.61. The smallest absolute Gasteiger partial charge is 0.232 e. The SMILES string of the molecule is CC(C)c1nc2n(n1)C1(CCCCC1)C1CCCCC1N2C(=O)C1CC1. The predicted molar refractivity (Wildman–Crippen MR) is 101 cm³/mol. The molecule has 3 saturated carbocycles. The summed E-state index contributed by atoms with van der Waals surface area (Å²) in [6, 6.07) is 0.353. The average molecular weight is 357 g/mol. The van der Waals surface area contributed by atoms with E-state index in [2.05, 4.69) is 23.4 Å². The number of nitrogens with zero attached hydrogens (tertiary/aromatic N) is 4. The Kier molecular flexibility index (Phi) is 3.91.